The molecule has 0 spiro atoms. The van der Waals surface area contributed by atoms with E-state index in [-0.39, 0.29) is 13.2 Å². The van der Waals surface area contributed by atoms with Crippen molar-refractivity contribution in [2.24, 2.45) is 5.73 Å². The van der Waals surface area contributed by atoms with E-state index < -0.39 is 5.97 Å². The van der Waals surface area contributed by atoms with Crippen LogP contribution in [0.15, 0.2) is 0 Å². The van der Waals surface area contributed by atoms with Gasteiger partial charge in [-0.3, -0.25) is 4.79 Å². The summed E-state index contributed by atoms with van der Waals surface area (Å²) in [5.74, 6) is -0.422. The van der Waals surface area contributed by atoms with Crippen molar-refractivity contribution in [2.75, 3.05) is 66.0 Å². The van der Waals surface area contributed by atoms with Gasteiger partial charge in [-0.2, -0.15) is 0 Å². The van der Waals surface area contributed by atoms with Gasteiger partial charge in [0.25, 0.3) is 0 Å². The molecule has 0 unspecified atom stereocenters. The van der Waals surface area contributed by atoms with Gasteiger partial charge in [-0.15, -0.1) is 0 Å². The second kappa shape index (κ2) is 25.3. The first-order valence-corrected chi connectivity index (χ1v) is 11.5. The molecule has 0 aromatic rings. The number of rotatable bonds is 24. The minimum absolute atomic E-state index is 0.104. The first-order chi connectivity index (χ1) is 14.3. The summed E-state index contributed by atoms with van der Waals surface area (Å²) in [5.41, 5.74) is 5.11. The molecule has 0 heterocycles. The first kappa shape index (κ1) is 28.3. The van der Waals surface area contributed by atoms with E-state index in [0.29, 0.717) is 46.2 Å². The van der Waals surface area contributed by atoms with Gasteiger partial charge in [0.2, 0.25) is 0 Å². The Hall–Kier alpha value is -0.730. The summed E-state index contributed by atoms with van der Waals surface area (Å²) in [6.07, 6.45) is 13.4. The van der Waals surface area contributed by atoms with Crippen LogP contribution in [0.4, 0.5) is 0 Å². The highest BCUT2D eigenvalue weighted by Crippen LogP contribution is 2.10. The number of hydrogen-bond acceptors (Lipinski definition) is 7. The fraction of sp³-hybridized carbons (Fsp3) is 0.955. The van der Waals surface area contributed by atoms with Gasteiger partial charge >= 0.3 is 5.97 Å². The van der Waals surface area contributed by atoms with E-state index >= 15 is 0 Å². The smallest absolute Gasteiger partial charge is 0.319 e. The van der Waals surface area contributed by atoms with Crippen molar-refractivity contribution in [3.63, 3.8) is 0 Å². The number of esters is 1. The van der Waals surface area contributed by atoms with Gasteiger partial charge < -0.3 is 29.4 Å². The molecule has 0 aromatic carbocycles. The average Bonchev–Trinajstić information content (AvgIpc) is 2.74. The molecular formula is C22H45NO6. The van der Waals surface area contributed by atoms with Crippen LogP contribution in [0, 0.1) is 0 Å². The predicted molar refractivity (Wildman–Crippen MR) is 115 cm³/mol. The van der Waals surface area contributed by atoms with Crippen LogP contribution in [0.2, 0.25) is 0 Å². The largest absolute Gasteiger partial charge is 0.462 e. The van der Waals surface area contributed by atoms with Crippen molar-refractivity contribution in [3.05, 3.63) is 0 Å². The van der Waals surface area contributed by atoms with Crippen LogP contribution in [0.5, 0.6) is 0 Å². The Balaban J connectivity index is 3.01. The van der Waals surface area contributed by atoms with E-state index in [1.165, 1.54) is 57.8 Å². The molecule has 0 rings (SSSR count). The second-order valence-electron chi connectivity index (χ2n) is 7.06. The molecule has 29 heavy (non-hydrogen) atoms. The molecule has 0 aromatic heterocycles. The van der Waals surface area contributed by atoms with E-state index in [4.69, 9.17) is 29.4 Å². The van der Waals surface area contributed by atoms with Crippen molar-refractivity contribution >= 4 is 5.97 Å². The van der Waals surface area contributed by atoms with Crippen LogP contribution < -0.4 is 5.73 Å². The van der Waals surface area contributed by atoms with Gasteiger partial charge in [-0.25, -0.2) is 0 Å². The lowest BCUT2D eigenvalue weighted by atomic mass is 10.1. The highest BCUT2D eigenvalue weighted by Gasteiger charge is 1.98. The van der Waals surface area contributed by atoms with Crippen LogP contribution in [-0.4, -0.2) is 72.0 Å². The normalized spacial score (nSPS) is 11.1. The molecule has 0 aliphatic carbocycles. The summed E-state index contributed by atoms with van der Waals surface area (Å²) >= 11 is 0. The van der Waals surface area contributed by atoms with Crippen molar-refractivity contribution in [1.82, 2.24) is 0 Å². The van der Waals surface area contributed by atoms with Crippen LogP contribution in [0.1, 0.15) is 71.1 Å². The Labute approximate surface area is 177 Å². The molecule has 2 N–H and O–H groups in total. The molecule has 0 bridgehead atoms. The molecule has 7 nitrogen and oxygen atoms in total. The third kappa shape index (κ3) is 25.2. The monoisotopic (exact) mass is 419 g/mol. The van der Waals surface area contributed by atoms with Crippen LogP contribution in [0.25, 0.3) is 0 Å². The molecule has 0 saturated heterocycles. The van der Waals surface area contributed by atoms with Crippen LogP contribution in [-0.2, 0) is 28.5 Å². The van der Waals surface area contributed by atoms with E-state index in [1.54, 1.807) is 0 Å². The van der Waals surface area contributed by atoms with E-state index in [9.17, 15) is 4.79 Å². The SMILES string of the molecule is CCCCCCCCCCCCOCCOCCOCCOCCOC(=O)CN. The topological polar surface area (TPSA) is 89.2 Å². The highest BCUT2D eigenvalue weighted by atomic mass is 16.6. The number of carbonyl (C=O) groups excluding carboxylic acids is 1. The summed E-state index contributed by atoms with van der Waals surface area (Å²) in [5, 5.41) is 0. The maximum absolute atomic E-state index is 10.8. The van der Waals surface area contributed by atoms with Gasteiger partial charge in [0.05, 0.1) is 52.8 Å². The second-order valence-corrected chi connectivity index (χ2v) is 7.06. The summed E-state index contributed by atoms with van der Waals surface area (Å²) < 4.78 is 26.5. The maximum atomic E-state index is 10.8. The van der Waals surface area contributed by atoms with Gasteiger partial charge in [0.1, 0.15) is 6.61 Å². The Kier molecular flexibility index (Phi) is 24.7. The van der Waals surface area contributed by atoms with Gasteiger partial charge in [-0.1, -0.05) is 64.7 Å². The Bertz CT molecular complexity index is 330. The fourth-order valence-corrected chi connectivity index (χ4v) is 2.73. The number of hydrogen-bond donors (Lipinski definition) is 1. The zero-order chi connectivity index (χ0) is 21.3. The minimum atomic E-state index is -0.422. The molecule has 0 atom stereocenters. The molecule has 0 fully saturated rings. The first-order valence-electron chi connectivity index (χ1n) is 11.5. The van der Waals surface area contributed by atoms with E-state index in [0.717, 1.165) is 13.0 Å². The lowest BCUT2D eigenvalue weighted by molar-refractivity contribution is -0.143. The summed E-state index contributed by atoms with van der Waals surface area (Å²) in [6, 6.07) is 0. The third-order valence-electron chi connectivity index (χ3n) is 4.42. The van der Waals surface area contributed by atoms with Gasteiger partial charge in [0, 0.05) is 6.61 Å². The Morgan fingerprint density at radius 3 is 1.38 bits per heavy atom. The third-order valence-corrected chi connectivity index (χ3v) is 4.42. The van der Waals surface area contributed by atoms with Crippen molar-refractivity contribution < 1.29 is 28.5 Å². The molecule has 0 amide bonds. The number of ether oxygens (including phenoxy) is 5. The van der Waals surface area contributed by atoms with Crippen LogP contribution >= 0.6 is 0 Å². The van der Waals surface area contributed by atoms with E-state index in [1.807, 2.05) is 0 Å². The summed E-state index contributed by atoms with van der Waals surface area (Å²) in [7, 11) is 0. The van der Waals surface area contributed by atoms with E-state index in [2.05, 4.69) is 6.92 Å². The summed E-state index contributed by atoms with van der Waals surface area (Å²) in [6.45, 7) is 6.83. The zero-order valence-electron chi connectivity index (χ0n) is 18.7. The minimum Gasteiger partial charge on any atom is -0.462 e. The Morgan fingerprint density at radius 1 is 0.552 bits per heavy atom. The molecule has 0 aliphatic rings. The van der Waals surface area contributed by atoms with Crippen molar-refractivity contribution in [1.29, 1.82) is 0 Å². The average molecular weight is 420 g/mol. The zero-order valence-corrected chi connectivity index (χ0v) is 18.7. The molecular weight excluding hydrogens is 374 g/mol. The molecule has 174 valence electrons. The summed E-state index contributed by atoms with van der Waals surface area (Å²) in [4.78, 5) is 10.8. The fourth-order valence-electron chi connectivity index (χ4n) is 2.73. The number of carbonyl (C=O) groups is 1. The maximum Gasteiger partial charge on any atom is 0.319 e. The molecule has 0 saturated carbocycles. The molecule has 0 radical (unpaired) electrons. The van der Waals surface area contributed by atoms with Gasteiger partial charge in [-0.05, 0) is 6.42 Å². The highest BCUT2D eigenvalue weighted by molar-refractivity contribution is 5.71. The number of nitrogens with two attached hydrogens (primary N) is 1. The number of unbranched alkanes of at least 4 members (excludes halogenated alkanes) is 9. The Morgan fingerprint density at radius 2 is 0.931 bits per heavy atom. The quantitative estimate of drug-likeness (QED) is 0.189. The van der Waals surface area contributed by atoms with Crippen molar-refractivity contribution in [3.8, 4) is 0 Å². The lowest BCUT2D eigenvalue weighted by Crippen LogP contribution is -2.19. The van der Waals surface area contributed by atoms with Gasteiger partial charge in [0.15, 0.2) is 0 Å². The predicted octanol–water partition coefficient (Wildman–Crippen LogP) is 3.48. The molecule has 0 aliphatic heterocycles. The standard InChI is InChI=1S/C22H45NO6/c1-2-3-4-5-6-7-8-9-10-11-12-25-13-14-26-15-16-27-17-18-28-19-20-29-22(24)21-23/h2-21,23H2,1H3. The lowest BCUT2D eigenvalue weighted by Gasteiger charge is -2.08. The van der Waals surface area contributed by atoms with Crippen LogP contribution in [0.3, 0.4) is 0 Å². The molecule has 7 heteroatoms. The van der Waals surface area contributed by atoms with Crippen molar-refractivity contribution in [2.45, 2.75) is 71.1 Å².